The fourth-order valence-corrected chi connectivity index (χ4v) is 2.75. The first-order valence-corrected chi connectivity index (χ1v) is 7.27. The largest absolute Gasteiger partial charge is 0.320 e. The van der Waals surface area contributed by atoms with Gasteiger partial charge in [0, 0.05) is 17.3 Å². The van der Waals surface area contributed by atoms with Gasteiger partial charge in [0.2, 0.25) is 6.54 Å². The molecule has 0 aliphatic heterocycles. The van der Waals surface area contributed by atoms with Gasteiger partial charge in [-0.25, -0.2) is 4.39 Å². The lowest BCUT2D eigenvalue weighted by Gasteiger charge is -2.13. The Balaban J connectivity index is 1.67. The minimum Gasteiger partial charge on any atom is -0.320 e. The summed E-state index contributed by atoms with van der Waals surface area (Å²) in [6.07, 6.45) is 8.67. The quantitative estimate of drug-likeness (QED) is 0.864. The number of rotatable bonds is 3. The summed E-state index contributed by atoms with van der Waals surface area (Å²) in [5, 5.41) is 2.71. The van der Waals surface area contributed by atoms with E-state index < -0.39 is 0 Å². The summed E-state index contributed by atoms with van der Waals surface area (Å²) < 4.78 is 15.0. The van der Waals surface area contributed by atoms with Crippen LogP contribution in [0.3, 0.4) is 0 Å². The Labute approximate surface area is 123 Å². The molecule has 108 valence electrons. The molecule has 1 N–H and O–H groups in total. The highest BCUT2D eigenvalue weighted by Gasteiger charge is 2.15. The number of anilines is 1. The van der Waals surface area contributed by atoms with Crippen molar-refractivity contribution < 1.29 is 13.8 Å². The number of carbonyl (C=O) groups is 1. The summed E-state index contributed by atoms with van der Waals surface area (Å²) in [6, 6.07) is 8.03. The van der Waals surface area contributed by atoms with E-state index in [1.165, 1.54) is 36.1 Å². The molecular weight excluding hydrogens is 267 g/mol. The Bertz CT molecular complexity index is 670. The van der Waals surface area contributed by atoms with Crippen LogP contribution in [0.2, 0.25) is 0 Å². The van der Waals surface area contributed by atoms with E-state index in [-0.39, 0.29) is 18.3 Å². The molecule has 0 spiro atoms. The van der Waals surface area contributed by atoms with Crippen LogP contribution >= 0.6 is 0 Å². The number of fused-ring (bicyclic) bond motifs is 1. The third-order valence-electron chi connectivity index (χ3n) is 3.78. The summed E-state index contributed by atoms with van der Waals surface area (Å²) in [6.45, 7) is 0.240. The number of aryl methyl sites for hydroxylation is 2. The predicted molar refractivity (Wildman–Crippen MR) is 78.3 cm³/mol. The van der Waals surface area contributed by atoms with Gasteiger partial charge in [-0.15, -0.1) is 0 Å². The maximum absolute atomic E-state index is 13.1. The van der Waals surface area contributed by atoms with E-state index in [1.807, 2.05) is 10.8 Å². The van der Waals surface area contributed by atoms with Crippen LogP contribution in [-0.4, -0.2) is 5.91 Å². The molecule has 1 heterocycles. The number of halogens is 1. The van der Waals surface area contributed by atoms with E-state index in [9.17, 15) is 9.18 Å². The van der Waals surface area contributed by atoms with Gasteiger partial charge in [0.15, 0.2) is 12.4 Å². The summed E-state index contributed by atoms with van der Waals surface area (Å²) in [4.78, 5) is 12.0. The molecule has 0 fully saturated rings. The zero-order valence-corrected chi connectivity index (χ0v) is 11.8. The van der Waals surface area contributed by atoms with Crippen LogP contribution in [0.5, 0.6) is 0 Å². The van der Waals surface area contributed by atoms with E-state index in [0.29, 0.717) is 5.69 Å². The Morgan fingerprint density at radius 2 is 2.00 bits per heavy atom. The van der Waals surface area contributed by atoms with E-state index >= 15 is 0 Å². The highest BCUT2D eigenvalue weighted by atomic mass is 19.1. The van der Waals surface area contributed by atoms with E-state index in [1.54, 1.807) is 12.1 Å². The van der Waals surface area contributed by atoms with Gasteiger partial charge in [-0.3, -0.25) is 4.79 Å². The predicted octanol–water partition coefficient (Wildman–Crippen LogP) is 2.63. The molecule has 1 aromatic carbocycles. The van der Waals surface area contributed by atoms with Gasteiger partial charge < -0.3 is 5.32 Å². The van der Waals surface area contributed by atoms with Gasteiger partial charge in [0.25, 0.3) is 5.91 Å². The van der Waals surface area contributed by atoms with Crippen molar-refractivity contribution in [3.8, 4) is 0 Å². The summed E-state index contributed by atoms with van der Waals surface area (Å²) >= 11 is 0. The Kier molecular flexibility index (Phi) is 3.95. The molecule has 1 aliphatic carbocycles. The lowest BCUT2D eigenvalue weighted by Crippen LogP contribution is -2.40. The molecule has 21 heavy (non-hydrogen) atoms. The smallest absolute Gasteiger partial charge is 0.290 e. The molecule has 3 nitrogen and oxygen atoms in total. The normalized spacial score (nSPS) is 13.6. The monoisotopic (exact) mass is 285 g/mol. The van der Waals surface area contributed by atoms with Crippen LogP contribution in [0, 0.1) is 5.82 Å². The number of amides is 1. The molecule has 0 unspecified atom stereocenters. The van der Waals surface area contributed by atoms with Crippen LogP contribution in [0.4, 0.5) is 10.1 Å². The second kappa shape index (κ2) is 6.04. The first kappa shape index (κ1) is 13.7. The van der Waals surface area contributed by atoms with Crippen molar-refractivity contribution in [3.63, 3.8) is 0 Å². The topological polar surface area (TPSA) is 33.0 Å². The second-order valence-corrected chi connectivity index (χ2v) is 5.43. The summed E-state index contributed by atoms with van der Waals surface area (Å²) in [5.41, 5.74) is 3.21. The van der Waals surface area contributed by atoms with Crippen LogP contribution in [0.1, 0.15) is 24.0 Å². The standard InChI is InChI=1S/C17H17FN2O/c18-15-6-3-7-16(10-15)19-17(21)12-20-9-8-13-4-1-2-5-14(13)11-20/h3,6-11H,1-2,4-5,12H2/p+1. The van der Waals surface area contributed by atoms with Crippen LogP contribution in [0.25, 0.3) is 0 Å². The van der Waals surface area contributed by atoms with Crippen LogP contribution in [0.15, 0.2) is 42.7 Å². The van der Waals surface area contributed by atoms with Crippen molar-refractivity contribution >= 4 is 11.6 Å². The van der Waals surface area contributed by atoms with Crippen molar-refractivity contribution in [2.75, 3.05) is 5.32 Å². The molecule has 3 rings (SSSR count). The Morgan fingerprint density at radius 1 is 1.19 bits per heavy atom. The Morgan fingerprint density at radius 3 is 2.81 bits per heavy atom. The van der Waals surface area contributed by atoms with Gasteiger partial charge in [-0.05, 0) is 49.4 Å². The van der Waals surface area contributed by atoms with E-state index in [0.717, 1.165) is 12.8 Å². The van der Waals surface area contributed by atoms with Crippen LogP contribution in [-0.2, 0) is 24.2 Å². The minimum absolute atomic E-state index is 0.152. The number of pyridine rings is 1. The van der Waals surface area contributed by atoms with Crippen molar-refractivity contribution in [1.29, 1.82) is 0 Å². The summed E-state index contributed by atoms with van der Waals surface area (Å²) in [5.74, 6) is -0.504. The number of nitrogens with one attached hydrogen (secondary N) is 1. The van der Waals surface area contributed by atoms with Gasteiger partial charge in [0.05, 0.1) is 0 Å². The van der Waals surface area contributed by atoms with Crippen molar-refractivity contribution in [1.82, 2.24) is 0 Å². The first-order chi connectivity index (χ1) is 10.2. The van der Waals surface area contributed by atoms with Gasteiger partial charge in [0.1, 0.15) is 5.82 Å². The third kappa shape index (κ3) is 3.45. The summed E-state index contributed by atoms with van der Waals surface area (Å²) in [7, 11) is 0. The maximum atomic E-state index is 13.1. The number of hydrogen-bond acceptors (Lipinski definition) is 1. The number of aromatic nitrogens is 1. The molecule has 0 atom stereocenters. The zero-order valence-electron chi connectivity index (χ0n) is 11.8. The molecule has 0 radical (unpaired) electrons. The SMILES string of the molecule is O=C(C[n+]1ccc2c(c1)CCCC2)Nc1cccc(F)c1. The van der Waals surface area contributed by atoms with Crippen molar-refractivity contribution in [3.05, 3.63) is 59.7 Å². The molecule has 2 aromatic rings. The number of carbonyl (C=O) groups excluding carboxylic acids is 1. The van der Waals surface area contributed by atoms with Crippen molar-refractivity contribution in [2.45, 2.75) is 32.2 Å². The maximum Gasteiger partial charge on any atom is 0.290 e. The number of benzene rings is 1. The van der Waals surface area contributed by atoms with E-state index in [4.69, 9.17) is 0 Å². The average molecular weight is 285 g/mol. The molecule has 1 amide bonds. The zero-order chi connectivity index (χ0) is 14.7. The molecular formula is C17H18FN2O+. The highest BCUT2D eigenvalue weighted by Crippen LogP contribution is 2.18. The Hall–Kier alpha value is -2.23. The average Bonchev–Trinajstić information content (AvgIpc) is 2.47. The molecule has 0 saturated heterocycles. The number of hydrogen-bond donors (Lipinski definition) is 1. The molecule has 4 heteroatoms. The minimum atomic E-state index is -0.353. The van der Waals surface area contributed by atoms with Gasteiger partial charge in [-0.1, -0.05) is 6.07 Å². The fourth-order valence-electron chi connectivity index (χ4n) is 2.75. The first-order valence-electron chi connectivity index (χ1n) is 7.27. The molecule has 1 aromatic heterocycles. The fraction of sp³-hybridized carbons (Fsp3) is 0.294. The molecule has 0 bridgehead atoms. The lowest BCUT2D eigenvalue weighted by molar-refractivity contribution is -0.684. The van der Waals surface area contributed by atoms with Crippen molar-refractivity contribution in [2.24, 2.45) is 0 Å². The molecule has 0 saturated carbocycles. The van der Waals surface area contributed by atoms with Gasteiger partial charge >= 0.3 is 0 Å². The lowest BCUT2D eigenvalue weighted by atomic mass is 9.93. The van der Waals surface area contributed by atoms with Crippen LogP contribution < -0.4 is 9.88 Å². The van der Waals surface area contributed by atoms with E-state index in [2.05, 4.69) is 17.6 Å². The highest BCUT2D eigenvalue weighted by molar-refractivity contribution is 5.89. The molecule has 1 aliphatic rings. The number of nitrogens with zero attached hydrogens (tertiary/aromatic N) is 1. The third-order valence-corrected chi connectivity index (χ3v) is 3.78. The second-order valence-electron chi connectivity index (χ2n) is 5.43. The van der Waals surface area contributed by atoms with Gasteiger partial charge in [-0.2, -0.15) is 4.57 Å².